The Balaban J connectivity index is 1.40. The van der Waals surface area contributed by atoms with Gasteiger partial charge in [0.05, 0.1) is 41.7 Å². The van der Waals surface area contributed by atoms with Crippen LogP contribution in [-0.4, -0.2) is 35.8 Å². The van der Waals surface area contributed by atoms with Crippen LogP contribution in [0.3, 0.4) is 0 Å². The molecular formula is C34H28BrIN2O6. The molecule has 2 saturated heterocycles. The van der Waals surface area contributed by atoms with E-state index in [4.69, 9.17) is 4.74 Å². The van der Waals surface area contributed by atoms with Gasteiger partial charge in [0.25, 0.3) is 0 Å². The van der Waals surface area contributed by atoms with Crippen LogP contribution in [-0.2, 0) is 19.2 Å². The number of rotatable bonds is 4. The quantitative estimate of drug-likeness (QED) is 0.193. The summed E-state index contributed by atoms with van der Waals surface area (Å²) in [6.45, 7) is 1.79. The fourth-order valence-corrected chi connectivity index (χ4v) is 8.81. The molecule has 44 heavy (non-hydrogen) atoms. The van der Waals surface area contributed by atoms with Crippen LogP contribution in [0.5, 0.6) is 11.5 Å². The highest BCUT2D eigenvalue weighted by molar-refractivity contribution is 14.1. The molecular weight excluding hydrogens is 739 g/mol. The van der Waals surface area contributed by atoms with Crippen LogP contribution in [0, 0.1) is 32.7 Å². The summed E-state index contributed by atoms with van der Waals surface area (Å²) in [6, 6.07) is 19.5. The predicted molar refractivity (Wildman–Crippen MR) is 175 cm³/mol. The van der Waals surface area contributed by atoms with Crippen molar-refractivity contribution in [3.63, 3.8) is 0 Å². The number of phenolic OH excluding ortho intramolecular Hbond substituents is 1. The van der Waals surface area contributed by atoms with Crippen molar-refractivity contribution < 1.29 is 29.0 Å². The minimum atomic E-state index is -1.27. The van der Waals surface area contributed by atoms with Gasteiger partial charge in [0.1, 0.15) is 0 Å². The van der Waals surface area contributed by atoms with Gasteiger partial charge < -0.3 is 9.84 Å². The van der Waals surface area contributed by atoms with Gasteiger partial charge >= 0.3 is 0 Å². The summed E-state index contributed by atoms with van der Waals surface area (Å²) >= 11 is 5.71. The zero-order valence-corrected chi connectivity index (χ0v) is 27.6. The zero-order chi connectivity index (χ0) is 31.1. The van der Waals surface area contributed by atoms with E-state index in [0.717, 1.165) is 9.14 Å². The number of allylic oxidation sites excluding steroid dienone is 2. The topological polar surface area (TPSA) is 104 Å². The predicted octanol–water partition coefficient (Wildman–Crippen LogP) is 6.20. The first-order valence-electron chi connectivity index (χ1n) is 14.4. The van der Waals surface area contributed by atoms with Gasteiger partial charge in [-0.25, -0.2) is 4.90 Å². The number of para-hydroxylation sites is 1. The van der Waals surface area contributed by atoms with Crippen LogP contribution in [0.4, 0.5) is 11.4 Å². The Morgan fingerprint density at radius 1 is 0.909 bits per heavy atom. The molecule has 0 radical (unpaired) electrons. The van der Waals surface area contributed by atoms with E-state index in [1.165, 1.54) is 16.9 Å². The first kappa shape index (κ1) is 29.2. The lowest BCUT2D eigenvalue weighted by atomic mass is 9.51. The molecule has 10 heteroatoms. The number of benzene rings is 3. The first-order chi connectivity index (χ1) is 21.1. The summed E-state index contributed by atoms with van der Waals surface area (Å²) in [5, 5.41) is 11.5. The van der Waals surface area contributed by atoms with Crippen LogP contribution in [0.25, 0.3) is 0 Å². The highest BCUT2D eigenvalue weighted by atomic mass is 127. The van der Waals surface area contributed by atoms with Crippen molar-refractivity contribution in [2.75, 3.05) is 16.9 Å². The Morgan fingerprint density at radius 3 is 2.27 bits per heavy atom. The lowest BCUT2D eigenvalue weighted by Gasteiger charge is -2.49. The number of hydrogen-bond acceptors (Lipinski definition) is 6. The third-order valence-electron chi connectivity index (χ3n) is 9.97. The van der Waals surface area contributed by atoms with Crippen molar-refractivity contribution in [2.24, 2.45) is 29.1 Å². The molecule has 1 saturated carbocycles. The molecule has 4 amide bonds. The number of amides is 4. The summed E-state index contributed by atoms with van der Waals surface area (Å²) in [5.74, 6) is -4.47. The Hall–Kier alpha value is -3.51. The summed E-state index contributed by atoms with van der Waals surface area (Å²) in [5.41, 5.74) is 0.944. The molecule has 3 aromatic rings. The van der Waals surface area contributed by atoms with E-state index >= 15 is 0 Å². The van der Waals surface area contributed by atoms with Gasteiger partial charge in [0, 0.05) is 19.5 Å². The second-order valence-electron chi connectivity index (χ2n) is 12.0. The minimum absolute atomic E-state index is 0.128. The number of ether oxygens (including phenoxy) is 1. The van der Waals surface area contributed by atoms with Crippen LogP contribution in [0.2, 0.25) is 0 Å². The molecule has 0 bridgehead atoms. The number of carbonyl (C=O) groups excluding carboxylic acids is 4. The molecule has 4 aliphatic rings. The maximum atomic E-state index is 14.5. The second-order valence-corrected chi connectivity index (χ2v) is 14.2. The molecule has 2 aliphatic heterocycles. The van der Waals surface area contributed by atoms with Gasteiger partial charge in [-0.1, -0.05) is 45.8 Å². The number of aromatic hydroxyl groups is 1. The SMILES string of the molecule is COc1cc(Br)cc([C@H]2C3=CC[C@@H]4C(=O)N(c5ccc(I)cc5)C(=O)[C@@H]4[C@@H]3C[C@H]3C(=O)N(c4ccccc4)C(=O)[C@@]23C)c1O. The van der Waals surface area contributed by atoms with Crippen molar-refractivity contribution in [3.8, 4) is 11.5 Å². The average Bonchev–Trinajstić information content (AvgIpc) is 3.38. The molecule has 2 heterocycles. The zero-order valence-electron chi connectivity index (χ0n) is 23.9. The largest absolute Gasteiger partial charge is 0.504 e. The van der Waals surface area contributed by atoms with Crippen molar-refractivity contribution in [1.82, 2.24) is 0 Å². The van der Waals surface area contributed by atoms with Gasteiger partial charge in [-0.3, -0.25) is 24.1 Å². The fraction of sp³-hybridized carbons (Fsp3) is 0.294. The van der Waals surface area contributed by atoms with Gasteiger partial charge in [-0.15, -0.1) is 0 Å². The normalized spacial score (nSPS) is 29.4. The summed E-state index contributed by atoms with van der Waals surface area (Å²) < 4.78 is 7.10. The highest BCUT2D eigenvalue weighted by Crippen LogP contribution is 2.65. The minimum Gasteiger partial charge on any atom is -0.504 e. The molecule has 0 unspecified atom stereocenters. The van der Waals surface area contributed by atoms with E-state index in [1.807, 2.05) is 24.3 Å². The monoisotopic (exact) mass is 766 g/mol. The van der Waals surface area contributed by atoms with Crippen LogP contribution < -0.4 is 14.5 Å². The standard InChI is InChI=1S/C34H28BrIN2O6/c1-34-25(31(41)38(33(34)43)19-6-4-3-5-7-19)16-23-21(28(34)24-14-17(35)15-26(44-2)29(24)39)12-13-22-27(23)32(42)37(30(22)40)20-10-8-18(36)9-11-20/h3-12,14-15,22-23,25,27-28,39H,13,16H2,1-2H3/t22-,23+,25-,27-,28+,34+/m0/s1. The van der Waals surface area contributed by atoms with E-state index in [-0.39, 0.29) is 41.5 Å². The third kappa shape index (κ3) is 4.06. The first-order valence-corrected chi connectivity index (χ1v) is 16.3. The van der Waals surface area contributed by atoms with E-state index in [1.54, 1.807) is 55.5 Å². The lowest BCUT2D eigenvalue weighted by molar-refractivity contribution is -0.131. The molecule has 1 N–H and O–H groups in total. The maximum Gasteiger partial charge on any atom is 0.241 e. The Kier molecular flexibility index (Phi) is 7.00. The number of halogens is 2. The number of nitrogens with zero attached hydrogens (tertiary/aromatic N) is 2. The van der Waals surface area contributed by atoms with Gasteiger partial charge in [-0.05, 0) is 96.8 Å². The summed E-state index contributed by atoms with van der Waals surface area (Å²) in [4.78, 5) is 59.3. The van der Waals surface area contributed by atoms with Crippen LogP contribution in [0.1, 0.15) is 31.2 Å². The van der Waals surface area contributed by atoms with Crippen molar-refractivity contribution in [2.45, 2.75) is 25.7 Å². The molecule has 7 rings (SSSR count). The number of methoxy groups -OCH3 is 1. The van der Waals surface area contributed by atoms with Gasteiger partial charge in [0.2, 0.25) is 23.6 Å². The van der Waals surface area contributed by atoms with Crippen molar-refractivity contribution in [1.29, 1.82) is 0 Å². The molecule has 3 aromatic carbocycles. The van der Waals surface area contributed by atoms with E-state index in [9.17, 15) is 24.3 Å². The lowest BCUT2D eigenvalue weighted by Crippen LogP contribution is -2.49. The maximum absolute atomic E-state index is 14.5. The van der Waals surface area contributed by atoms with E-state index < -0.39 is 35.0 Å². The van der Waals surface area contributed by atoms with E-state index in [0.29, 0.717) is 27.8 Å². The number of phenols is 1. The van der Waals surface area contributed by atoms with Crippen LogP contribution >= 0.6 is 38.5 Å². The molecule has 2 aliphatic carbocycles. The number of fused-ring (bicyclic) bond motifs is 4. The summed E-state index contributed by atoms with van der Waals surface area (Å²) in [7, 11) is 1.45. The number of anilines is 2. The second kappa shape index (κ2) is 10.5. The molecule has 6 atom stereocenters. The average molecular weight is 767 g/mol. The highest BCUT2D eigenvalue weighted by Gasteiger charge is 2.68. The van der Waals surface area contributed by atoms with Crippen LogP contribution in [0.15, 0.2) is 82.9 Å². The molecule has 0 aromatic heterocycles. The molecule has 3 fully saturated rings. The molecule has 224 valence electrons. The Labute approximate surface area is 276 Å². The number of hydrogen-bond donors (Lipinski definition) is 1. The van der Waals surface area contributed by atoms with Crippen molar-refractivity contribution >= 4 is 73.5 Å². The smallest absolute Gasteiger partial charge is 0.241 e. The number of carbonyl (C=O) groups is 4. The van der Waals surface area contributed by atoms with Crippen molar-refractivity contribution in [3.05, 3.63) is 92.0 Å². The Morgan fingerprint density at radius 2 is 1.59 bits per heavy atom. The number of imide groups is 2. The molecule has 0 spiro atoms. The van der Waals surface area contributed by atoms with Gasteiger partial charge in [0.15, 0.2) is 11.5 Å². The van der Waals surface area contributed by atoms with E-state index in [2.05, 4.69) is 38.5 Å². The third-order valence-corrected chi connectivity index (χ3v) is 11.2. The summed E-state index contributed by atoms with van der Waals surface area (Å²) in [6.07, 6.45) is 2.52. The fourth-order valence-electron chi connectivity index (χ4n) is 8.00. The Bertz CT molecular complexity index is 1780. The van der Waals surface area contributed by atoms with Gasteiger partial charge in [-0.2, -0.15) is 0 Å². The molecule has 8 nitrogen and oxygen atoms in total.